The van der Waals surface area contributed by atoms with Gasteiger partial charge in [-0.3, -0.25) is 9.35 Å². The molecule has 0 radical (unpaired) electrons. The van der Waals surface area contributed by atoms with Crippen LogP contribution in [0.2, 0.25) is 0 Å². The van der Waals surface area contributed by atoms with E-state index in [4.69, 9.17) is 0 Å². The Labute approximate surface area is 126 Å². The standard InChI is InChI=1S/C14H12N2O5S/c1-8-4-14(18)16(15-8)10-3-2-9-5-11(17)7-13(12(9)6-10)22(19,20)21/h2-3,5-7,17H,4H2,1H3,(H,19,20,21). The van der Waals surface area contributed by atoms with Crippen LogP contribution in [0.1, 0.15) is 13.3 Å². The van der Waals surface area contributed by atoms with Crippen molar-refractivity contribution in [3.05, 3.63) is 30.3 Å². The summed E-state index contributed by atoms with van der Waals surface area (Å²) in [5.74, 6) is -0.497. The van der Waals surface area contributed by atoms with Crippen LogP contribution in [0.3, 0.4) is 0 Å². The smallest absolute Gasteiger partial charge is 0.295 e. The molecule has 0 aromatic heterocycles. The van der Waals surface area contributed by atoms with Crippen molar-refractivity contribution in [2.24, 2.45) is 5.10 Å². The summed E-state index contributed by atoms with van der Waals surface area (Å²) >= 11 is 0. The molecule has 0 saturated heterocycles. The highest BCUT2D eigenvalue weighted by molar-refractivity contribution is 7.86. The molecular weight excluding hydrogens is 308 g/mol. The summed E-state index contributed by atoms with van der Waals surface area (Å²) in [5, 5.41) is 15.5. The number of hydrogen-bond donors (Lipinski definition) is 2. The lowest BCUT2D eigenvalue weighted by Gasteiger charge is -2.13. The zero-order chi connectivity index (χ0) is 16.1. The SMILES string of the molecule is CC1=NN(c2ccc3cc(O)cc(S(=O)(=O)O)c3c2)C(=O)C1. The van der Waals surface area contributed by atoms with Gasteiger partial charge in [0.15, 0.2) is 0 Å². The molecule has 0 bridgehead atoms. The molecule has 0 fully saturated rings. The lowest BCUT2D eigenvalue weighted by atomic mass is 10.1. The highest BCUT2D eigenvalue weighted by Gasteiger charge is 2.24. The summed E-state index contributed by atoms with van der Waals surface area (Å²) in [4.78, 5) is 11.4. The van der Waals surface area contributed by atoms with Crippen LogP contribution in [0.5, 0.6) is 5.75 Å². The number of aromatic hydroxyl groups is 1. The maximum Gasteiger partial charge on any atom is 0.295 e. The largest absolute Gasteiger partial charge is 0.508 e. The van der Waals surface area contributed by atoms with Crippen LogP contribution < -0.4 is 5.01 Å². The number of carbonyl (C=O) groups excluding carboxylic acids is 1. The third kappa shape index (κ3) is 2.42. The Morgan fingerprint density at radius 3 is 2.55 bits per heavy atom. The molecule has 0 spiro atoms. The Balaban J connectivity index is 2.26. The molecular formula is C14H12N2O5S. The van der Waals surface area contributed by atoms with Gasteiger partial charge in [-0.15, -0.1) is 0 Å². The number of fused-ring (bicyclic) bond motifs is 1. The average Bonchev–Trinajstić information content (AvgIpc) is 2.75. The fraction of sp³-hybridized carbons (Fsp3) is 0.143. The lowest BCUT2D eigenvalue weighted by Crippen LogP contribution is -2.19. The van der Waals surface area contributed by atoms with Gasteiger partial charge in [0.1, 0.15) is 10.6 Å². The average molecular weight is 320 g/mol. The molecule has 2 aromatic rings. The van der Waals surface area contributed by atoms with Gasteiger partial charge in [-0.2, -0.15) is 13.5 Å². The monoisotopic (exact) mass is 320 g/mol. The first-order valence-corrected chi connectivity index (χ1v) is 7.81. The molecule has 0 aliphatic carbocycles. The number of amides is 1. The van der Waals surface area contributed by atoms with Gasteiger partial charge in [-0.05, 0) is 30.5 Å². The predicted molar refractivity (Wildman–Crippen MR) is 80.6 cm³/mol. The minimum absolute atomic E-state index is 0.199. The van der Waals surface area contributed by atoms with Crippen LogP contribution in [0.4, 0.5) is 5.69 Å². The van der Waals surface area contributed by atoms with E-state index < -0.39 is 15.0 Å². The van der Waals surface area contributed by atoms with Crippen LogP contribution >= 0.6 is 0 Å². The first kappa shape index (κ1) is 14.5. The zero-order valence-electron chi connectivity index (χ0n) is 11.5. The number of phenolic OH excluding ortho intramolecular Hbond substituents is 1. The highest BCUT2D eigenvalue weighted by atomic mass is 32.2. The molecule has 7 nitrogen and oxygen atoms in total. The van der Waals surface area contributed by atoms with Gasteiger partial charge in [0.25, 0.3) is 16.0 Å². The molecule has 22 heavy (non-hydrogen) atoms. The van der Waals surface area contributed by atoms with E-state index in [9.17, 15) is 22.9 Å². The third-order valence-electron chi connectivity index (χ3n) is 3.32. The lowest BCUT2D eigenvalue weighted by molar-refractivity contribution is -0.116. The molecule has 114 valence electrons. The molecule has 1 aliphatic heterocycles. The summed E-state index contributed by atoms with van der Waals surface area (Å²) < 4.78 is 32.3. The van der Waals surface area contributed by atoms with Crippen molar-refractivity contribution in [3.63, 3.8) is 0 Å². The summed E-state index contributed by atoms with van der Waals surface area (Å²) in [6.07, 6.45) is 0.207. The second-order valence-corrected chi connectivity index (χ2v) is 6.43. The predicted octanol–water partition coefficient (Wildman–Crippen LogP) is 1.90. The maximum atomic E-state index is 11.9. The van der Waals surface area contributed by atoms with Crippen molar-refractivity contribution in [2.75, 3.05) is 5.01 Å². The molecule has 1 amide bonds. The topological polar surface area (TPSA) is 107 Å². The molecule has 1 heterocycles. The van der Waals surface area contributed by atoms with Crippen molar-refractivity contribution in [1.29, 1.82) is 0 Å². The molecule has 2 N–H and O–H groups in total. The number of anilines is 1. The molecule has 1 aliphatic rings. The van der Waals surface area contributed by atoms with Crippen LogP contribution in [-0.4, -0.2) is 29.7 Å². The molecule has 3 rings (SSSR count). The number of nitrogens with zero attached hydrogens (tertiary/aromatic N) is 2. The molecule has 0 unspecified atom stereocenters. The van der Waals surface area contributed by atoms with E-state index in [2.05, 4.69) is 5.10 Å². The van der Waals surface area contributed by atoms with Gasteiger partial charge in [0, 0.05) is 17.2 Å². The number of hydrazone groups is 1. The fourth-order valence-electron chi connectivity index (χ4n) is 2.40. The molecule has 0 saturated carbocycles. The third-order valence-corrected chi connectivity index (χ3v) is 4.21. The second-order valence-electron chi connectivity index (χ2n) is 5.04. The molecule has 8 heteroatoms. The van der Waals surface area contributed by atoms with Crippen LogP contribution in [0.25, 0.3) is 10.8 Å². The van der Waals surface area contributed by atoms with Gasteiger partial charge < -0.3 is 5.11 Å². The number of carbonyl (C=O) groups is 1. The Bertz CT molecular complexity index is 934. The summed E-state index contributed by atoms with van der Waals surface area (Å²) in [6.45, 7) is 1.72. The van der Waals surface area contributed by atoms with Crippen LogP contribution in [0, 0.1) is 0 Å². The van der Waals surface area contributed by atoms with E-state index in [1.165, 1.54) is 17.1 Å². The van der Waals surface area contributed by atoms with E-state index in [0.717, 1.165) is 6.07 Å². The summed E-state index contributed by atoms with van der Waals surface area (Å²) in [6, 6.07) is 6.92. The van der Waals surface area contributed by atoms with Gasteiger partial charge in [-0.25, -0.2) is 5.01 Å². The normalized spacial score (nSPS) is 15.5. The quantitative estimate of drug-likeness (QED) is 0.822. The van der Waals surface area contributed by atoms with E-state index in [1.807, 2.05) is 0 Å². The number of rotatable bonds is 2. The Kier molecular flexibility index (Phi) is 3.15. The second kappa shape index (κ2) is 4.79. The Morgan fingerprint density at radius 2 is 1.95 bits per heavy atom. The van der Waals surface area contributed by atoms with Crippen molar-refractivity contribution < 1.29 is 22.9 Å². The number of phenols is 1. The van der Waals surface area contributed by atoms with Gasteiger partial charge in [0.2, 0.25) is 0 Å². The van der Waals surface area contributed by atoms with Crippen LogP contribution in [0.15, 0.2) is 40.3 Å². The zero-order valence-corrected chi connectivity index (χ0v) is 12.3. The van der Waals surface area contributed by atoms with E-state index in [0.29, 0.717) is 16.8 Å². The van der Waals surface area contributed by atoms with Crippen molar-refractivity contribution in [2.45, 2.75) is 18.2 Å². The minimum atomic E-state index is -4.52. The van der Waals surface area contributed by atoms with Crippen LogP contribution in [-0.2, 0) is 14.9 Å². The van der Waals surface area contributed by atoms with E-state index in [-0.39, 0.29) is 23.5 Å². The maximum absolute atomic E-state index is 11.9. The summed E-state index contributed by atoms with van der Waals surface area (Å²) in [5.41, 5.74) is 1.05. The van der Waals surface area contributed by atoms with Gasteiger partial charge >= 0.3 is 0 Å². The summed E-state index contributed by atoms with van der Waals surface area (Å²) in [7, 11) is -4.52. The van der Waals surface area contributed by atoms with Crippen molar-refractivity contribution in [1.82, 2.24) is 0 Å². The van der Waals surface area contributed by atoms with Gasteiger partial charge in [0.05, 0.1) is 12.1 Å². The van der Waals surface area contributed by atoms with Crippen molar-refractivity contribution in [3.8, 4) is 5.75 Å². The molecule has 0 atom stereocenters. The number of hydrogen-bond acceptors (Lipinski definition) is 5. The van der Waals surface area contributed by atoms with Crippen molar-refractivity contribution >= 4 is 38.2 Å². The van der Waals surface area contributed by atoms with E-state index in [1.54, 1.807) is 19.1 Å². The van der Waals surface area contributed by atoms with E-state index >= 15 is 0 Å². The molecule has 2 aromatic carbocycles. The van der Waals surface area contributed by atoms with Gasteiger partial charge in [-0.1, -0.05) is 6.07 Å². The number of benzene rings is 2. The Morgan fingerprint density at radius 1 is 1.23 bits per heavy atom. The minimum Gasteiger partial charge on any atom is -0.508 e. The first-order chi connectivity index (χ1) is 10.3. The fourth-order valence-corrected chi connectivity index (χ4v) is 3.12. The highest BCUT2D eigenvalue weighted by Crippen LogP contribution is 2.32. The first-order valence-electron chi connectivity index (χ1n) is 6.37. The Hall–Kier alpha value is -2.45.